The molecule has 0 bridgehead atoms. The predicted octanol–water partition coefficient (Wildman–Crippen LogP) is 1.69. The van der Waals surface area contributed by atoms with Gasteiger partial charge in [-0.15, -0.1) is 0 Å². The number of hydrogen-bond donors (Lipinski definition) is 1. The normalized spacial score (nSPS) is 19.6. The summed E-state index contributed by atoms with van der Waals surface area (Å²) in [6.07, 6.45) is 1.68. The Morgan fingerprint density at radius 2 is 2.10 bits per heavy atom. The first-order valence-corrected chi connectivity index (χ1v) is 7.26. The Hall–Kier alpha value is -1.85. The summed E-state index contributed by atoms with van der Waals surface area (Å²) in [5, 5.41) is 13.6. The van der Waals surface area contributed by atoms with Crippen LogP contribution in [-0.2, 0) is 11.8 Å². The number of amides is 1. The molecule has 1 aliphatic heterocycles. The van der Waals surface area contributed by atoms with Crippen LogP contribution in [0.4, 0.5) is 0 Å². The lowest BCUT2D eigenvalue weighted by Gasteiger charge is -2.39. The van der Waals surface area contributed by atoms with Gasteiger partial charge in [-0.25, -0.2) is 0 Å². The number of aliphatic carboxylic acids is 1. The minimum Gasteiger partial charge on any atom is -0.481 e. The van der Waals surface area contributed by atoms with Gasteiger partial charge in [0.1, 0.15) is 5.69 Å². The molecule has 6 nitrogen and oxygen atoms in total. The molecular weight excluding hydrogens is 270 g/mol. The van der Waals surface area contributed by atoms with Crippen LogP contribution in [0.1, 0.15) is 42.9 Å². The van der Waals surface area contributed by atoms with Crippen LogP contribution in [0.2, 0.25) is 0 Å². The number of nitrogens with zero attached hydrogens (tertiary/aromatic N) is 3. The van der Waals surface area contributed by atoms with Gasteiger partial charge in [0.25, 0.3) is 5.91 Å². The Bertz CT molecular complexity index is 563. The van der Waals surface area contributed by atoms with E-state index in [0.29, 0.717) is 18.8 Å². The lowest BCUT2D eigenvalue weighted by molar-refractivity contribution is -0.151. The molecule has 2 rings (SSSR count). The Morgan fingerprint density at radius 3 is 2.62 bits per heavy atom. The molecule has 0 aliphatic carbocycles. The van der Waals surface area contributed by atoms with Gasteiger partial charge in [0, 0.05) is 20.1 Å². The lowest BCUT2D eigenvalue weighted by Crippen LogP contribution is -2.47. The zero-order chi connectivity index (χ0) is 15.8. The monoisotopic (exact) mass is 293 g/mol. The molecule has 1 amide bonds. The van der Waals surface area contributed by atoms with Crippen molar-refractivity contribution >= 4 is 11.9 Å². The summed E-state index contributed by atoms with van der Waals surface area (Å²) < 4.78 is 1.59. The van der Waals surface area contributed by atoms with E-state index in [1.54, 1.807) is 36.5 Å². The highest BCUT2D eigenvalue weighted by Gasteiger charge is 2.40. The van der Waals surface area contributed by atoms with Crippen LogP contribution in [0, 0.1) is 18.3 Å². The summed E-state index contributed by atoms with van der Waals surface area (Å²) in [5.74, 6) is -0.899. The van der Waals surface area contributed by atoms with E-state index in [4.69, 9.17) is 0 Å². The van der Waals surface area contributed by atoms with Crippen molar-refractivity contribution in [3.05, 3.63) is 17.5 Å². The summed E-state index contributed by atoms with van der Waals surface area (Å²) in [6.45, 7) is 6.49. The van der Waals surface area contributed by atoms with Gasteiger partial charge in [-0.05, 0) is 45.6 Å². The van der Waals surface area contributed by atoms with Gasteiger partial charge in [0.05, 0.1) is 11.1 Å². The zero-order valence-electron chi connectivity index (χ0n) is 13.1. The van der Waals surface area contributed by atoms with Crippen molar-refractivity contribution in [1.29, 1.82) is 0 Å². The van der Waals surface area contributed by atoms with Crippen molar-refractivity contribution in [3.8, 4) is 0 Å². The summed E-state index contributed by atoms with van der Waals surface area (Å²) in [7, 11) is 1.75. The molecule has 0 radical (unpaired) electrons. The number of likely N-dealkylation sites (tertiary alicyclic amines) is 1. The molecule has 0 saturated carbocycles. The van der Waals surface area contributed by atoms with Crippen molar-refractivity contribution in [2.24, 2.45) is 18.4 Å². The summed E-state index contributed by atoms with van der Waals surface area (Å²) in [5.41, 5.74) is 0.544. The minimum absolute atomic E-state index is 0.0259. The van der Waals surface area contributed by atoms with E-state index in [1.807, 2.05) is 6.92 Å². The highest BCUT2D eigenvalue weighted by Crippen LogP contribution is 2.34. The van der Waals surface area contributed by atoms with E-state index in [2.05, 4.69) is 5.10 Å². The van der Waals surface area contributed by atoms with Crippen molar-refractivity contribution in [2.45, 2.75) is 33.6 Å². The minimum atomic E-state index is -0.818. The number of carboxylic acid groups (broad SMARTS) is 1. The van der Waals surface area contributed by atoms with E-state index in [0.717, 1.165) is 18.5 Å². The Kier molecular flexibility index (Phi) is 4.07. The third-order valence-corrected chi connectivity index (χ3v) is 4.50. The van der Waals surface area contributed by atoms with Crippen molar-refractivity contribution < 1.29 is 14.7 Å². The van der Waals surface area contributed by atoms with E-state index >= 15 is 0 Å². The van der Waals surface area contributed by atoms with Crippen molar-refractivity contribution in [2.75, 3.05) is 13.1 Å². The Morgan fingerprint density at radius 1 is 1.43 bits per heavy atom. The number of aromatic nitrogens is 2. The number of carbonyl (C=O) groups is 2. The zero-order valence-corrected chi connectivity index (χ0v) is 13.1. The summed E-state index contributed by atoms with van der Waals surface area (Å²) in [4.78, 5) is 25.8. The van der Waals surface area contributed by atoms with Crippen LogP contribution in [-0.4, -0.2) is 44.8 Å². The van der Waals surface area contributed by atoms with Crippen LogP contribution in [0.25, 0.3) is 0 Å². The second-order valence-electron chi connectivity index (χ2n) is 6.41. The molecule has 1 aromatic heterocycles. The Balaban J connectivity index is 2.16. The lowest BCUT2D eigenvalue weighted by atomic mass is 9.74. The van der Waals surface area contributed by atoms with Crippen molar-refractivity contribution in [1.82, 2.24) is 14.7 Å². The van der Waals surface area contributed by atoms with E-state index in [1.165, 1.54) is 0 Å². The smallest absolute Gasteiger partial charge is 0.309 e. The highest BCUT2D eigenvalue weighted by molar-refractivity contribution is 5.92. The summed E-state index contributed by atoms with van der Waals surface area (Å²) >= 11 is 0. The van der Waals surface area contributed by atoms with E-state index in [-0.39, 0.29) is 11.8 Å². The largest absolute Gasteiger partial charge is 0.481 e. The molecule has 1 fully saturated rings. The van der Waals surface area contributed by atoms with Gasteiger partial charge >= 0.3 is 5.97 Å². The fourth-order valence-electron chi connectivity index (χ4n) is 2.90. The second-order valence-corrected chi connectivity index (χ2v) is 6.41. The van der Waals surface area contributed by atoms with E-state index in [9.17, 15) is 14.7 Å². The standard InChI is InChI=1S/C15H23N3O3/c1-10-8-12(17(4)16-10)13(19)18-7-5-6-11(9-18)15(2,3)14(20)21/h8,11H,5-7,9H2,1-4H3,(H,20,21). The number of carbonyl (C=O) groups excluding carboxylic acids is 1. The molecule has 2 heterocycles. The highest BCUT2D eigenvalue weighted by atomic mass is 16.4. The molecule has 1 N–H and O–H groups in total. The first-order valence-electron chi connectivity index (χ1n) is 7.26. The first-order chi connectivity index (χ1) is 9.73. The summed E-state index contributed by atoms with van der Waals surface area (Å²) in [6, 6.07) is 1.77. The van der Waals surface area contributed by atoms with Crippen LogP contribution in [0.15, 0.2) is 6.07 Å². The van der Waals surface area contributed by atoms with Gasteiger partial charge in [-0.2, -0.15) is 5.10 Å². The molecule has 21 heavy (non-hydrogen) atoms. The number of rotatable bonds is 3. The average Bonchev–Trinajstić information content (AvgIpc) is 2.76. The topological polar surface area (TPSA) is 75.4 Å². The van der Waals surface area contributed by atoms with Gasteiger partial charge in [0.2, 0.25) is 0 Å². The molecule has 6 heteroatoms. The SMILES string of the molecule is Cc1cc(C(=O)N2CCCC(C(C)(C)C(=O)O)C2)n(C)n1. The van der Waals surface area contributed by atoms with Gasteiger partial charge in [-0.1, -0.05) is 0 Å². The number of piperidine rings is 1. The van der Waals surface area contributed by atoms with Crippen molar-refractivity contribution in [3.63, 3.8) is 0 Å². The quantitative estimate of drug-likeness (QED) is 0.920. The second kappa shape index (κ2) is 5.50. The van der Waals surface area contributed by atoms with Crippen LogP contribution in [0.3, 0.4) is 0 Å². The van der Waals surface area contributed by atoms with Gasteiger partial charge in [-0.3, -0.25) is 14.3 Å². The molecular formula is C15H23N3O3. The first kappa shape index (κ1) is 15.5. The maximum absolute atomic E-state index is 12.6. The molecule has 1 aliphatic rings. The molecule has 0 aromatic carbocycles. The molecule has 116 valence electrons. The van der Waals surface area contributed by atoms with E-state index < -0.39 is 11.4 Å². The van der Waals surface area contributed by atoms with Crippen LogP contribution >= 0.6 is 0 Å². The maximum Gasteiger partial charge on any atom is 0.309 e. The van der Waals surface area contributed by atoms with Gasteiger partial charge < -0.3 is 10.0 Å². The molecule has 1 saturated heterocycles. The van der Waals surface area contributed by atoms with Gasteiger partial charge in [0.15, 0.2) is 0 Å². The number of hydrogen-bond acceptors (Lipinski definition) is 3. The molecule has 0 spiro atoms. The van der Waals surface area contributed by atoms with Crippen LogP contribution < -0.4 is 0 Å². The molecule has 1 unspecified atom stereocenters. The molecule has 1 aromatic rings. The fourth-order valence-corrected chi connectivity index (χ4v) is 2.90. The predicted molar refractivity (Wildman–Crippen MR) is 78.0 cm³/mol. The number of aryl methyl sites for hydroxylation is 2. The number of carboxylic acids is 1. The third kappa shape index (κ3) is 2.94. The average molecular weight is 293 g/mol. The van der Waals surface area contributed by atoms with Crippen LogP contribution in [0.5, 0.6) is 0 Å². The fraction of sp³-hybridized carbons (Fsp3) is 0.667. The maximum atomic E-state index is 12.6. The Labute approximate surface area is 124 Å². The third-order valence-electron chi connectivity index (χ3n) is 4.50. The molecule has 1 atom stereocenters.